The SMILES string of the molecule is CCNC(=NCc1ccc(C(F)(F)F)cc1)NCc1ccccc1S(=O)(=O)N(C)C. The third-order valence-corrected chi connectivity index (χ3v) is 6.14. The first kappa shape index (κ1) is 23.7. The molecule has 0 fully saturated rings. The molecule has 0 amide bonds. The lowest BCUT2D eigenvalue weighted by molar-refractivity contribution is -0.137. The second kappa shape index (κ2) is 9.94. The Morgan fingerprint density at radius 2 is 1.67 bits per heavy atom. The molecule has 0 aliphatic rings. The molecule has 0 aliphatic carbocycles. The van der Waals surface area contributed by atoms with Gasteiger partial charge in [-0.15, -0.1) is 0 Å². The second-order valence-corrected chi connectivity index (χ2v) is 8.76. The molecule has 164 valence electrons. The van der Waals surface area contributed by atoms with Gasteiger partial charge in [-0.25, -0.2) is 17.7 Å². The summed E-state index contributed by atoms with van der Waals surface area (Å²) in [6.45, 7) is 2.82. The fourth-order valence-electron chi connectivity index (χ4n) is 2.59. The average molecular weight is 443 g/mol. The molecule has 6 nitrogen and oxygen atoms in total. The molecular formula is C20H25F3N4O2S. The van der Waals surface area contributed by atoms with Crippen molar-refractivity contribution in [2.45, 2.75) is 31.1 Å². The molecule has 2 N–H and O–H groups in total. The maximum atomic E-state index is 12.7. The van der Waals surface area contributed by atoms with Gasteiger partial charge in [0.05, 0.1) is 17.0 Å². The number of alkyl halides is 3. The summed E-state index contributed by atoms with van der Waals surface area (Å²) in [4.78, 5) is 4.57. The summed E-state index contributed by atoms with van der Waals surface area (Å²) in [5.41, 5.74) is 0.487. The minimum atomic E-state index is -4.38. The molecule has 0 atom stereocenters. The molecule has 0 bridgehead atoms. The number of sulfonamides is 1. The third kappa shape index (κ3) is 6.20. The van der Waals surface area contributed by atoms with Crippen LogP contribution in [0.4, 0.5) is 13.2 Å². The van der Waals surface area contributed by atoms with Gasteiger partial charge in [0, 0.05) is 27.2 Å². The minimum Gasteiger partial charge on any atom is -0.357 e. The van der Waals surface area contributed by atoms with E-state index in [0.717, 1.165) is 16.4 Å². The summed E-state index contributed by atoms with van der Waals surface area (Å²) in [6.07, 6.45) is -4.38. The maximum absolute atomic E-state index is 12.7. The molecule has 0 spiro atoms. The van der Waals surface area contributed by atoms with Gasteiger partial charge in [-0.2, -0.15) is 13.2 Å². The lowest BCUT2D eigenvalue weighted by atomic mass is 10.1. The highest BCUT2D eigenvalue weighted by molar-refractivity contribution is 7.89. The molecule has 10 heteroatoms. The van der Waals surface area contributed by atoms with Crippen molar-refractivity contribution in [3.05, 3.63) is 65.2 Å². The summed E-state index contributed by atoms with van der Waals surface area (Å²) >= 11 is 0. The smallest absolute Gasteiger partial charge is 0.357 e. The molecule has 0 saturated carbocycles. The zero-order chi connectivity index (χ0) is 22.4. The zero-order valence-electron chi connectivity index (χ0n) is 17.0. The summed E-state index contributed by atoms with van der Waals surface area (Å²) in [6, 6.07) is 11.5. The molecule has 0 aromatic heterocycles. The predicted octanol–water partition coefficient (Wildman–Crippen LogP) is 3.21. The zero-order valence-corrected chi connectivity index (χ0v) is 17.8. The summed E-state index contributed by atoms with van der Waals surface area (Å²) in [5.74, 6) is 0.425. The summed E-state index contributed by atoms with van der Waals surface area (Å²) in [5, 5.41) is 6.11. The van der Waals surface area contributed by atoms with E-state index in [2.05, 4.69) is 15.6 Å². The van der Waals surface area contributed by atoms with Crippen molar-refractivity contribution in [1.82, 2.24) is 14.9 Å². The number of hydrogen-bond acceptors (Lipinski definition) is 3. The first-order valence-electron chi connectivity index (χ1n) is 9.24. The van der Waals surface area contributed by atoms with Gasteiger partial charge < -0.3 is 10.6 Å². The summed E-state index contributed by atoms with van der Waals surface area (Å²) < 4.78 is 64.2. The standard InChI is InChI=1S/C20H25F3N4O2S/c1-4-24-19(25-13-15-9-11-17(12-10-15)20(21,22)23)26-14-16-7-5-6-8-18(16)30(28,29)27(2)3/h5-12H,4,13-14H2,1-3H3,(H2,24,25,26). The number of aliphatic imine (C=N–C) groups is 1. The van der Waals surface area contributed by atoms with Gasteiger partial charge in [0.1, 0.15) is 0 Å². The van der Waals surface area contributed by atoms with Crippen molar-refractivity contribution < 1.29 is 21.6 Å². The number of benzene rings is 2. The van der Waals surface area contributed by atoms with E-state index in [0.29, 0.717) is 23.6 Å². The van der Waals surface area contributed by atoms with E-state index < -0.39 is 21.8 Å². The average Bonchev–Trinajstić information content (AvgIpc) is 2.69. The van der Waals surface area contributed by atoms with Crippen LogP contribution in [0.5, 0.6) is 0 Å². The van der Waals surface area contributed by atoms with E-state index in [4.69, 9.17) is 0 Å². The van der Waals surface area contributed by atoms with Crippen molar-refractivity contribution in [1.29, 1.82) is 0 Å². The highest BCUT2D eigenvalue weighted by Gasteiger charge is 2.29. The van der Waals surface area contributed by atoms with Crippen LogP contribution in [0.25, 0.3) is 0 Å². The van der Waals surface area contributed by atoms with E-state index in [1.807, 2.05) is 6.92 Å². The number of guanidine groups is 1. The van der Waals surface area contributed by atoms with Crippen molar-refractivity contribution in [2.75, 3.05) is 20.6 Å². The Morgan fingerprint density at radius 1 is 1.03 bits per heavy atom. The molecule has 2 rings (SSSR count). The number of nitrogens with zero attached hydrogens (tertiary/aromatic N) is 2. The lowest BCUT2D eigenvalue weighted by Gasteiger charge is -2.17. The Labute approximate surface area is 174 Å². The van der Waals surface area contributed by atoms with Crippen LogP contribution in [0.1, 0.15) is 23.6 Å². The van der Waals surface area contributed by atoms with Crippen LogP contribution < -0.4 is 10.6 Å². The molecule has 0 radical (unpaired) electrons. The normalized spacial score (nSPS) is 12.8. The van der Waals surface area contributed by atoms with Crippen molar-refractivity contribution in [2.24, 2.45) is 4.99 Å². The van der Waals surface area contributed by atoms with Crippen molar-refractivity contribution in [3.8, 4) is 0 Å². The Balaban J connectivity index is 2.14. The Bertz CT molecular complexity index is 972. The molecule has 0 heterocycles. The van der Waals surface area contributed by atoms with Crippen LogP contribution in [-0.4, -0.2) is 39.3 Å². The van der Waals surface area contributed by atoms with Crippen LogP contribution >= 0.6 is 0 Å². The van der Waals surface area contributed by atoms with E-state index in [1.165, 1.54) is 26.2 Å². The molecule has 2 aromatic rings. The van der Waals surface area contributed by atoms with Crippen molar-refractivity contribution >= 4 is 16.0 Å². The quantitative estimate of drug-likeness (QED) is 0.510. The maximum Gasteiger partial charge on any atom is 0.416 e. The van der Waals surface area contributed by atoms with Gasteiger partial charge in [-0.3, -0.25) is 0 Å². The van der Waals surface area contributed by atoms with E-state index >= 15 is 0 Å². The van der Waals surface area contributed by atoms with Crippen LogP contribution in [-0.2, 0) is 29.3 Å². The molecule has 30 heavy (non-hydrogen) atoms. The van der Waals surface area contributed by atoms with Gasteiger partial charge >= 0.3 is 6.18 Å². The predicted molar refractivity (Wildman–Crippen MR) is 110 cm³/mol. The Hall–Kier alpha value is -2.59. The van der Waals surface area contributed by atoms with Gasteiger partial charge in [0.15, 0.2) is 5.96 Å². The fraction of sp³-hybridized carbons (Fsp3) is 0.350. The fourth-order valence-corrected chi connectivity index (χ4v) is 3.70. The van der Waals surface area contributed by atoms with Crippen LogP contribution in [0.15, 0.2) is 58.4 Å². The van der Waals surface area contributed by atoms with Crippen LogP contribution in [0, 0.1) is 0 Å². The van der Waals surface area contributed by atoms with E-state index in [-0.39, 0.29) is 18.0 Å². The first-order chi connectivity index (χ1) is 14.1. The monoisotopic (exact) mass is 442 g/mol. The summed E-state index contributed by atoms with van der Waals surface area (Å²) in [7, 11) is -0.663. The Kier molecular flexibility index (Phi) is 7.85. The molecular weight excluding hydrogens is 417 g/mol. The van der Waals surface area contributed by atoms with Gasteiger partial charge in [-0.05, 0) is 36.2 Å². The van der Waals surface area contributed by atoms with E-state index in [1.54, 1.807) is 24.3 Å². The Morgan fingerprint density at radius 3 is 2.23 bits per heavy atom. The largest absolute Gasteiger partial charge is 0.416 e. The third-order valence-electron chi connectivity index (χ3n) is 4.22. The molecule has 2 aromatic carbocycles. The number of rotatable bonds is 7. The minimum absolute atomic E-state index is 0.172. The molecule has 0 aliphatic heterocycles. The topological polar surface area (TPSA) is 73.8 Å². The number of hydrogen-bond donors (Lipinski definition) is 2. The van der Waals surface area contributed by atoms with Gasteiger partial charge in [0.2, 0.25) is 10.0 Å². The molecule has 0 unspecified atom stereocenters. The number of nitrogens with one attached hydrogen (secondary N) is 2. The van der Waals surface area contributed by atoms with Gasteiger partial charge in [0.25, 0.3) is 0 Å². The van der Waals surface area contributed by atoms with Crippen LogP contribution in [0.2, 0.25) is 0 Å². The highest BCUT2D eigenvalue weighted by atomic mass is 32.2. The van der Waals surface area contributed by atoms with Crippen LogP contribution in [0.3, 0.4) is 0 Å². The highest BCUT2D eigenvalue weighted by Crippen LogP contribution is 2.29. The van der Waals surface area contributed by atoms with E-state index in [9.17, 15) is 21.6 Å². The lowest BCUT2D eigenvalue weighted by Crippen LogP contribution is -2.37. The first-order valence-corrected chi connectivity index (χ1v) is 10.7. The van der Waals surface area contributed by atoms with Crippen molar-refractivity contribution in [3.63, 3.8) is 0 Å². The second-order valence-electron chi connectivity index (χ2n) is 6.64. The van der Waals surface area contributed by atoms with Gasteiger partial charge in [-0.1, -0.05) is 30.3 Å². The molecule has 0 saturated heterocycles. The number of halogens is 3.